The highest BCUT2D eigenvalue weighted by Gasteiger charge is 2.24. The van der Waals surface area contributed by atoms with Gasteiger partial charge in [0.1, 0.15) is 5.75 Å². The van der Waals surface area contributed by atoms with E-state index in [1.807, 2.05) is 12.1 Å². The minimum Gasteiger partial charge on any atom is -0.508 e. The average molecular weight is 229 g/mol. The molecule has 2 N–H and O–H groups in total. The molecule has 0 fully saturated rings. The molecule has 0 amide bonds. The summed E-state index contributed by atoms with van der Waals surface area (Å²) in [7, 11) is 0. The smallest absolute Gasteiger partial charge is 0.115 e. The SMILES string of the molecule is C#CC(CCC)NC1CCc2cc(O)ccc21. The van der Waals surface area contributed by atoms with Gasteiger partial charge in [-0.1, -0.05) is 25.3 Å². The van der Waals surface area contributed by atoms with Crippen molar-refractivity contribution in [3.8, 4) is 18.1 Å². The van der Waals surface area contributed by atoms with Crippen LogP contribution in [-0.2, 0) is 6.42 Å². The second-order valence-corrected chi connectivity index (χ2v) is 4.65. The van der Waals surface area contributed by atoms with Crippen LogP contribution >= 0.6 is 0 Å². The summed E-state index contributed by atoms with van der Waals surface area (Å²) in [6.07, 6.45) is 9.73. The second-order valence-electron chi connectivity index (χ2n) is 4.65. The fraction of sp³-hybridized carbons (Fsp3) is 0.467. The van der Waals surface area contributed by atoms with Crippen LogP contribution in [0.2, 0.25) is 0 Å². The first-order valence-corrected chi connectivity index (χ1v) is 6.28. The van der Waals surface area contributed by atoms with Crippen LogP contribution < -0.4 is 5.32 Å². The van der Waals surface area contributed by atoms with Crippen molar-refractivity contribution in [2.75, 3.05) is 0 Å². The predicted octanol–water partition coefficient (Wildman–Crippen LogP) is 2.77. The molecule has 2 unspecified atom stereocenters. The molecule has 0 saturated heterocycles. The number of benzene rings is 1. The first kappa shape index (κ1) is 12.0. The third kappa shape index (κ3) is 2.62. The lowest BCUT2D eigenvalue weighted by molar-refractivity contribution is 0.466. The summed E-state index contributed by atoms with van der Waals surface area (Å²) in [5, 5.41) is 13.0. The molecule has 0 radical (unpaired) electrons. The molecule has 0 bridgehead atoms. The third-order valence-corrected chi connectivity index (χ3v) is 3.39. The summed E-state index contributed by atoms with van der Waals surface area (Å²) in [6, 6.07) is 6.13. The number of phenolic OH excluding ortho intramolecular Hbond substituents is 1. The van der Waals surface area contributed by atoms with Gasteiger partial charge in [0, 0.05) is 6.04 Å². The molecule has 0 aliphatic heterocycles. The Labute approximate surface area is 103 Å². The maximum atomic E-state index is 9.44. The van der Waals surface area contributed by atoms with E-state index in [4.69, 9.17) is 6.42 Å². The number of terminal acetylenes is 1. The lowest BCUT2D eigenvalue weighted by Crippen LogP contribution is -2.30. The first-order chi connectivity index (χ1) is 8.24. The van der Waals surface area contributed by atoms with Gasteiger partial charge in [-0.25, -0.2) is 0 Å². The molecular formula is C15H19NO. The van der Waals surface area contributed by atoms with Crippen LogP contribution in [0.25, 0.3) is 0 Å². The number of fused-ring (bicyclic) bond motifs is 1. The van der Waals surface area contributed by atoms with Crippen molar-refractivity contribution < 1.29 is 5.11 Å². The molecule has 90 valence electrons. The van der Waals surface area contributed by atoms with Gasteiger partial charge in [-0.3, -0.25) is 5.32 Å². The van der Waals surface area contributed by atoms with E-state index in [1.54, 1.807) is 6.07 Å². The number of aryl methyl sites for hydroxylation is 1. The number of aromatic hydroxyl groups is 1. The molecule has 1 aromatic rings. The Balaban J connectivity index is 2.09. The van der Waals surface area contributed by atoms with E-state index in [-0.39, 0.29) is 6.04 Å². The minimum atomic E-state index is 0.157. The van der Waals surface area contributed by atoms with Crippen LogP contribution in [-0.4, -0.2) is 11.1 Å². The number of nitrogens with one attached hydrogen (secondary N) is 1. The Morgan fingerprint density at radius 3 is 3.12 bits per heavy atom. The number of hydrogen-bond acceptors (Lipinski definition) is 2. The number of phenols is 1. The van der Waals surface area contributed by atoms with Gasteiger partial charge in [0.15, 0.2) is 0 Å². The fourth-order valence-electron chi connectivity index (χ4n) is 2.52. The molecule has 0 spiro atoms. The van der Waals surface area contributed by atoms with Crippen LogP contribution in [0.1, 0.15) is 43.4 Å². The molecule has 0 saturated carbocycles. The number of rotatable bonds is 4. The Kier molecular flexibility index (Phi) is 3.71. The van der Waals surface area contributed by atoms with Crippen LogP contribution in [0.3, 0.4) is 0 Å². The van der Waals surface area contributed by atoms with Crippen LogP contribution in [0.15, 0.2) is 18.2 Å². The summed E-state index contributed by atoms with van der Waals surface area (Å²) in [5.41, 5.74) is 2.54. The monoisotopic (exact) mass is 229 g/mol. The molecule has 1 aliphatic rings. The Morgan fingerprint density at radius 1 is 1.59 bits per heavy atom. The van der Waals surface area contributed by atoms with E-state index in [0.717, 1.165) is 25.7 Å². The van der Waals surface area contributed by atoms with Crippen molar-refractivity contribution in [3.05, 3.63) is 29.3 Å². The van der Waals surface area contributed by atoms with Crippen LogP contribution in [0.5, 0.6) is 5.75 Å². The largest absolute Gasteiger partial charge is 0.508 e. The second kappa shape index (κ2) is 5.25. The molecule has 2 atom stereocenters. The molecule has 0 aromatic heterocycles. The molecule has 2 nitrogen and oxygen atoms in total. The zero-order chi connectivity index (χ0) is 12.3. The normalized spacial score (nSPS) is 19.6. The van der Waals surface area contributed by atoms with E-state index in [0.29, 0.717) is 11.8 Å². The predicted molar refractivity (Wildman–Crippen MR) is 69.8 cm³/mol. The van der Waals surface area contributed by atoms with Crippen LogP contribution in [0.4, 0.5) is 0 Å². The van der Waals surface area contributed by atoms with E-state index in [9.17, 15) is 5.11 Å². The Bertz CT molecular complexity index is 433. The van der Waals surface area contributed by atoms with Gasteiger partial charge in [0.05, 0.1) is 6.04 Å². The highest BCUT2D eigenvalue weighted by molar-refractivity contribution is 5.40. The van der Waals surface area contributed by atoms with Crippen molar-refractivity contribution in [3.63, 3.8) is 0 Å². The van der Waals surface area contributed by atoms with Gasteiger partial charge < -0.3 is 5.11 Å². The van der Waals surface area contributed by atoms with Crippen molar-refractivity contribution in [2.45, 2.75) is 44.7 Å². The fourth-order valence-corrected chi connectivity index (χ4v) is 2.52. The topological polar surface area (TPSA) is 32.3 Å². The lowest BCUT2D eigenvalue weighted by Gasteiger charge is -2.19. The van der Waals surface area contributed by atoms with E-state index in [2.05, 4.69) is 18.2 Å². The molecule has 2 rings (SSSR count). The number of hydrogen-bond donors (Lipinski definition) is 2. The maximum absolute atomic E-state index is 9.44. The zero-order valence-electron chi connectivity index (χ0n) is 10.2. The highest BCUT2D eigenvalue weighted by atomic mass is 16.3. The summed E-state index contributed by atoms with van der Waals surface area (Å²) in [6.45, 7) is 2.15. The summed E-state index contributed by atoms with van der Waals surface area (Å²) >= 11 is 0. The Morgan fingerprint density at radius 2 is 2.41 bits per heavy atom. The minimum absolute atomic E-state index is 0.157. The summed E-state index contributed by atoms with van der Waals surface area (Å²) in [5.74, 6) is 3.16. The van der Waals surface area contributed by atoms with Gasteiger partial charge in [-0.05, 0) is 42.5 Å². The van der Waals surface area contributed by atoms with Gasteiger partial charge in [-0.2, -0.15) is 0 Å². The van der Waals surface area contributed by atoms with Gasteiger partial charge >= 0.3 is 0 Å². The van der Waals surface area contributed by atoms with E-state index in [1.165, 1.54) is 11.1 Å². The summed E-state index contributed by atoms with van der Waals surface area (Å²) in [4.78, 5) is 0. The van der Waals surface area contributed by atoms with Crippen molar-refractivity contribution in [1.82, 2.24) is 5.32 Å². The lowest BCUT2D eigenvalue weighted by atomic mass is 10.1. The van der Waals surface area contributed by atoms with Gasteiger partial charge in [0.2, 0.25) is 0 Å². The third-order valence-electron chi connectivity index (χ3n) is 3.39. The maximum Gasteiger partial charge on any atom is 0.115 e. The van der Waals surface area contributed by atoms with E-state index >= 15 is 0 Å². The molecular weight excluding hydrogens is 210 g/mol. The molecule has 1 aliphatic carbocycles. The Hall–Kier alpha value is -1.46. The quantitative estimate of drug-likeness (QED) is 0.778. The molecule has 17 heavy (non-hydrogen) atoms. The molecule has 0 heterocycles. The van der Waals surface area contributed by atoms with Gasteiger partial charge in [0.25, 0.3) is 0 Å². The van der Waals surface area contributed by atoms with Crippen molar-refractivity contribution in [1.29, 1.82) is 0 Å². The molecule has 2 heteroatoms. The standard InChI is InChI=1S/C15H19NO/c1-3-5-12(4-2)16-15-9-6-11-10-13(17)7-8-14(11)15/h2,7-8,10,12,15-17H,3,5-6,9H2,1H3. The summed E-state index contributed by atoms with van der Waals surface area (Å²) < 4.78 is 0. The first-order valence-electron chi connectivity index (χ1n) is 6.28. The molecule has 1 aromatic carbocycles. The average Bonchev–Trinajstić information content (AvgIpc) is 2.71. The zero-order valence-corrected chi connectivity index (χ0v) is 10.2. The van der Waals surface area contributed by atoms with Crippen molar-refractivity contribution in [2.24, 2.45) is 0 Å². The van der Waals surface area contributed by atoms with E-state index < -0.39 is 0 Å². The van der Waals surface area contributed by atoms with Gasteiger partial charge in [-0.15, -0.1) is 6.42 Å². The highest BCUT2D eigenvalue weighted by Crippen LogP contribution is 2.33. The van der Waals surface area contributed by atoms with Crippen molar-refractivity contribution >= 4 is 0 Å². The van der Waals surface area contributed by atoms with Crippen LogP contribution in [0, 0.1) is 12.3 Å².